The summed E-state index contributed by atoms with van der Waals surface area (Å²) in [7, 11) is 0. The van der Waals surface area contributed by atoms with Gasteiger partial charge in [0.05, 0.1) is 16.8 Å². The molecule has 1 spiro atoms. The Kier molecular flexibility index (Phi) is 9.47. The number of hydrogen-bond donors (Lipinski definition) is 0. The van der Waals surface area contributed by atoms with E-state index in [2.05, 4.69) is 278 Å². The Hall–Kier alpha value is -9.24. The molecular formula is C69H45NO. The zero-order valence-electron chi connectivity index (χ0n) is 38.8. The lowest BCUT2D eigenvalue weighted by Crippen LogP contribution is -2.32. The van der Waals surface area contributed by atoms with E-state index in [0.29, 0.717) is 0 Å². The number of anilines is 3. The molecule has 71 heavy (non-hydrogen) atoms. The molecule has 2 aliphatic rings. The van der Waals surface area contributed by atoms with Gasteiger partial charge in [0, 0.05) is 38.7 Å². The molecule has 0 fully saturated rings. The molecule has 0 N–H and O–H groups in total. The topological polar surface area (TPSA) is 12.5 Å². The van der Waals surface area contributed by atoms with Crippen molar-refractivity contribution in [3.05, 3.63) is 295 Å². The van der Waals surface area contributed by atoms with Crippen LogP contribution in [0.4, 0.5) is 17.1 Å². The Bertz CT molecular complexity index is 3920. The molecule has 0 radical (unpaired) electrons. The van der Waals surface area contributed by atoms with Gasteiger partial charge in [-0.05, 0) is 103 Å². The van der Waals surface area contributed by atoms with Crippen molar-refractivity contribution in [3.8, 4) is 67.1 Å². The molecular weight excluding hydrogens is 859 g/mol. The van der Waals surface area contributed by atoms with Crippen molar-refractivity contribution < 1.29 is 4.74 Å². The molecule has 2 nitrogen and oxygen atoms in total. The maximum absolute atomic E-state index is 7.24. The second-order valence-electron chi connectivity index (χ2n) is 18.7. The summed E-state index contributed by atoms with van der Waals surface area (Å²) < 4.78 is 7.24. The van der Waals surface area contributed by atoms with Crippen molar-refractivity contribution >= 4 is 38.6 Å². The zero-order chi connectivity index (χ0) is 46.9. The lowest BCUT2D eigenvalue weighted by molar-refractivity contribution is 0.447. The smallest absolute Gasteiger partial charge is 0.140 e. The molecule has 1 aliphatic heterocycles. The molecule has 0 amide bonds. The Morgan fingerprint density at radius 2 is 0.718 bits per heavy atom. The summed E-state index contributed by atoms with van der Waals surface area (Å²) in [6, 6.07) is 99.8. The first-order valence-corrected chi connectivity index (χ1v) is 24.5. The van der Waals surface area contributed by atoms with E-state index >= 15 is 0 Å². The van der Waals surface area contributed by atoms with E-state index in [1.54, 1.807) is 0 Å². The Morgan fingerprint density at radius 1 is 0.268 bits per heavy atom. The number of fused-ring (bicyclic) bond motifs is 13. The number of benzene rings is 12. The van der Waals surface area contributed by atoms with Gasteiger partial charge in [-0.2, -0.15) is 0 Å². The van der Waals surface area contributed by atoms with Crippen LogP contribution in [0.5, 0.6) is 11.5 Å². The van der Waals surface area contributed by atoms with Gasteiger partial charge in [-0.15, -0.1) is 0 Å². The average Bonchev–Trinajstić information content (AvgIpc) is 3.74. The van der Waals surface area contributed by atoms with Crippen LogP contribution in [0.25, 0.3) is 77.2 Å². The molecule has 332 valence electrons. The highest BCUT2D eigenvalue weighted by Crippen LogP contribution is 2.64. The highest BCUT2D eigenvalue weighted by atomic mass is 16.5. The molecule has 0 saturated heterocycles. The summed E-state index contributed by atoms with van der Waals surface area (Å²) in [6.45, 7) is 0. The van der Waals surface area contributed by atoms with Crippen LogP contribution < -0.4 is 9.64 Å². The summed E-state index contributed by atoms with van der Waals surface area (Å²) in [5.74, 6) is 1.84. The lowest BCUT2D eigenvalue weighted by Gasteiger charge is -2.40. The third kappa shape index (κ3) is 6.42. The molecule has 1 aliphatic carbocycles. The van der Waals surface area contributed by atoms with Gasteiger partial charge in [0.1, 0.15) is 11.5 Å². The SMILES string of the molecule is c1ccc(-c2ccc(N(c3ccccc3-c3ccc4c(c3)-c3ccccc3C43c4ccc5ccccc5c4Oc4c3ccc3ccccc43)c3ccc(-c4ccccc4)cc3-c3ccccc3)cc2)cc1. The van der Waals surface area contributed by atoms with E-state index in [1.165, 1.54) is 44.5 Å². The van der Waals surface area contributed by atoms with Crippen LogP contribution in [0.1, 0.15) is 22.3 Å². The molecule has 12 aromatic rings. The van der Waals surface area contributed by atoms with Gasteiger partial charge in [0.2, 0.25) is 0 Å². The van der Waals surface area contributed by atoms with Crippen LogP contribution in [0, 0.1) is 0 Å². The number of hydrogen-bond acceptors (Lipinski definition) is 2. The fourth-order valence-corrected chi connectivity index (χ4v) is 11.7. The van der Waals surface area contributed by atoms with Crippen LogP contribution in [-0.2, 0) is 5.41 Å². The fourth-order valence-electron chi connectivity index (χ4n) is 11.7. The summed E-state index contributed by atoms with van der Waals surface area (Å²) in [5, 5.41) is 4.55. The van der Waals surface area contributed by atoms with Crippen molar-refractivity contribution in [1.29, 1.82) is 0 Å². The number of nitrogens with zero attached hydrogens (tertiary/aromatic N) is 1. The zero-order valence-corrected chi connectivity index (χ0v) is 38.8. The number of ether oxygens (including phenoxy) is 1. The minimum absolute atomic E-state index is 0.626. The van der Waals surface area contributed by atoms with Crippen LogP contribution in [0.2, 0.25) is 0 Å². The van der Waals surface area contributed by atoms with Crippen molar-refractivity contribution in [1.82, 2.24) is 0 Å². The monoisotopic (exact) mass is 903 g/mol. The molecule has 14 rings (SSSR count). The van der Waals surface area contributed by atoms with Crippen LogP contribution in [0.15, 0.2) is 273 Å². The largest absolute Gasteiger partial charge is 0.455 e. The molecule has 1 heterocycles. The van der Waals surface area contributed by atoms with E-state index in [1.807, 2.05) is 0 Å². The highest BCUT2D eigenvalue weighted by molar-refractivity contribution is 6.01. The van der Waals surface area contributed by atoms with Gasteiger partial charge >= 0.3 is 0 Å². The maximum Gasteiger partial charge on any atom is 0.140 e. The fraction of sp³-hybridized carbons (Fsp3) is 0.0145. The van der Waals surface area contributed by atoms with Gasteiger partial charge in [-0.3, -0.25) is 0 Å². The van der Waals surface area contributed by atoms with Gasteiger partial charge in [-0.25, -0.2) is 0 Å². The van der Waals surface area contributed by atoms with Crippen molar-refractivity contribution in [2.45, 2.75) is 5.41 Å². The average molecular weight is 904 g/mol. The van der Waals surface area contributed by atoms with E-state index in [0.717, 1.165) is 83.5 Å². The van der Waals surface area contributed by atoms with Gasteiger partial charge in [-0.1, -0.05) is 237 Å². The normalized spacial score (nSPS) is 12.7. The maximum atomic E-state index is 7.24. The number of para-hydroxylation sites is 1. The Balaban J connectivity index is 0.999. The third-order valence-electron chi connectivity index (χ3n) is 14.9. The lowest BCUT2D eigenvalue weighted by atomic mass is 9.65. The predicted octanol–water partition coefficient (Wildman–Crippen LogP) is 18.6. The Labute approximate surface area is 414 Å². The number of rotatable bonds is 7. The van der Waals surface area contributed by atoms with E-state index < -0.39 is 5.41 Å². The van der Waals surface area contributed by atoms with Gasteiger partial charge in [0.15, 0.2) is 0 Å². The molecule has 2 heteroatoms. The van der Waals surface area contributed by atoms with Crippen molar-refractivity contribution in [2.75, 3.05) is 4.90 Å². The van der Waals surface area contributed by atoms with Gasteiger partial charge in [0.25, 0.3) is 0 Å². The molecule has 12 aromatic carbocycles. The molecule has 0 atom stereocenters. The van der Waals surface area contributed by atoms with Crippen LogP contribution >= 0.6 is 0 Å². The Morgan fingerprint density at radius 3 is 1.38 bits per heavy atom. The standard InChI is InChI=1S/C69H45NO/c1-4-18-46(19-5-1)48-32-38-54(39-33-48)70(66-43-37-52(47-20-6-2-7-21-47)44-59(66)49-22-8-3-9-23-49)65-31-17-15-26-55(65)53-36-40-62-60(45-53)58-29-14-16-30-61(58)69(62)63-41-34-50-24-10-12-27-56(50)67(63)71-68-57-28-13-11-25-51(57)35-42-64(68)69/h1-45H. The van der Waals surface area contributed by atoms with Gasteiger partial charge < -0.3 is 9.64 Å². The molecule has 0 saturated carbocycles. The summed E-state index contributed by atoms with van der Waals surface area (Å²) in [6.07, 6.45) is 0. The van der Waals surface area contributed by atoms with E-state index in [-0.39, 0.29) is 0 Å². The van der Waals surface area contributed by atoms with E-state index in [4.69, 9.17) is 4.74 Å². The highest BCUT2D eigenvalue weighted by Gasteiger charge is 2.52. The quantitative estimate of drug-likeness (QED) is 0.158. The van der Waals surface area contributed by atoms with Crippen LogP contribution in [0.3, 0.4) is 0 Å². The second kappa shape index (κ2) is 16.5. The summed E-state index contributed by atoms with van der Waals surface area (Å²) in [5.41, 5.74) is 19.2. The summed E-state index contributed by atoms with van der Waals surface area (Å²) in [4.78, 5) is 2.46. The minimum Gasteiger partial charge on any atom is -0.455 e. The van der Waals surface area contributed by atoms with Crippen LogP contribution in [-0.4, -0.2) is 0 Å². The third-order valence-corrected chi connectivity index (χ3v) is 14.9. The summed E-state index contributed by atoms with van der Waals surface area (Å²) >= 11 is 0. The predicted molar refractivity (Wildman–Crippen MR) is 295 cm³/mol. The first-order valence-electron chi connectivity index (χ1n) is 24.5. The first-order chi connectivity index (χ1) is 35.2. The molecule has 0 unspecified atom stereocenters. The van der Waals surface area contributed by atoms with Crippen molar-refractivity contribution in [2.24, 2.45) is 0 Å². The first kappa shape index (κ1) is 40.8. The minimum atomic E-state index is -0.626. The second-order valence-corrected chi connectivity index (χ2v) is 18.7. The van der Waals surface area contributed by atoms with Crippen molar-refractivity contribution in [3.63, 3.8) is 0 Å². The van der Waals surface area contributed by atoms with E-state index in [9.17, 15) is 0 Å². The molecule has 0 aromatic heterocycles. The molecule has 0 bridgehead atoms.